The highest BCUT2D eigenvalue weighted by Crippen LogP contribution is 2.32. The van der Waals surface area contributed by atoms with Gasteiger partial charge in [-0.2, -0.15) is 0 Å². The van der Waals surface area contributed by atoms with Crippen LogP contribution in [0, 0.1) is 0 Å². The number of aromatic nitrogens is 1. The molecule has 0 aliphatic heterocycles. The number of hydrogen-bond acceptors (Lipinski definition) is 3. The normalized spacial score (nSPS) is 12.4. The maximum atomic E-state index is 6.20. The van der Waals surface area contributed by atoms with Crippen molar-refractivity contribution < 1.29 is 0 Å². The average Bonchev–Trinajstić information content (AvgIpc) is 2.41. The molecule has 1 aromatic heterocycles. The fraction of sp³-hybridized carbons (Fsp3) is 0.154. The summed E-state index contributed by atoms with van der Waals surface area (Å²) in [6, 6.07) is 7.13. The molecule has 0 amide bonds. The number of nitrogens with two attached hydrogens (primary N) is 1. The third kappa shape index (κ3) is 3.38. The molecule has 1 heterocycles. The number of pyridine rings is 1. The number of nitrogens with zero attached hydrogens (tertiary/aromatic N) is 1. The van der Waals surface area contributed by atoms with Gasteiger partial charge < -0.3 is 0 Å². The van der Waals surface area contributed by atoms with Gasteiger partial charge in [0.15, 0.2) is 0 Å². The molecule has 0 aliphatic rings. The maximum absolute atomic E-state index is 6.20. The van der Waals surface area contributed by atoms with E-state index in [0.29, 0.717) is 21.5 Å². The van der Waals surface area contributed by atoms with Gasteiger partial charge in [0.25, 0.3) is 0 Å². The minimum absolute atomic E-state index is 0.175. The first-order chi connectivity index (χ1) is 9.13. The second-order valence-corrected chi connectivity index (χ2v) is 5.23. The van der Waals surface area contributed by atoms with E-state index in [9.17, 15) is 0 Å². The molecule has 0 spiro atoms. The molecule has 3 N–H and O–H groups in total. The molecule has 1 atom stereocenters. The fourth-order valence-corrected chi connectivity index (χ4v) is 2.47. The van der Waals surface area contributed by atoms with Crippen LogP contribution in [0.1, 0.15) is 17.2 Å². The van der Waals surface area contributed by atoms with Gasteiger partial charge in [0.1, 0.15) is 0 Å². The summed E-state index contributed by atoms with van der Waals surface area (Å²) in [4.78, 5) is 3.95. The molecule has 19 heavy (non-hydrogen) atoms. The van der Waals surface area contributed by atoms with Gasteiger partial charge in [-0.05, 0) is 29.7 Å². The van der Waals surface area contributed by atoms with Crippen LogP contribution >= 0.6 is 34.8 Å². The standard InChI is InChI=1S/C13H12Cl3N3/c14-10-3-1-2-9(13(10)16)12(19-17)6-8-4-5-18-7-11(8)15/h1-5,7,12,19H,6,17H2. The second kappa shape index (κ2) is 6.55. The topological polar surface area (TPSA) is 50.9 Å². The van der Waals surface area contributed by atoms with Crippen molar-refractivity contribution in [3.05, 3.63) is 62.9 Å². The summed E-state index contributed by atoms with van der Waals surface area (Å²) in [6.07, 6.45) is 3.89. The minimum atomic E-state index is -0.175. The molecule has 0 radical (unpaired) electrons. The summed E-state index contributed by atoms with van der Waals surface area (Å²) in [6.45, 7) is 0. The highest BCUT2D eigenvalue weighted by Gasteiger charge is 2.16. The monoisotopic (exact) mass is 315 g/mol. The van der Waals surface area contributed by atoms with E-state index in [0.717, 1.165) is 11.1 Å². The number of halogens is 3. The van der Waals surface area contributed by atoms with Gasteiger partial charge in [-0.25, -0.2) is 0 Å². The number of nitrogens with one attached hydrogen (secondary N) is 1. The molecule has 100 valence electrons. The Morgan fingerprint density at radius 1 is 1.16 bits per heavy atom. The summed E-state index contributed by atoms with van der Waals surface area (Å²) in [5, 5.41) is 1.60. The predicted octanol–water partition coefficient (Wildman–Crippen LogP) is 3.79. The summed E-state index contributed by atoms with van der Waals surface area (Å²) in [5.41, 5.74) is 4.52. The van der Waals surface area contributed by atoms with Gasteiger partial charge in [0, 0.05) is 12.4 Å². The summed E-state index contributed by atoms with van der Waals surface area (Å²) < 4.78 is 0. The Morgan fingerprint density at radius 2 is 1.95 bits per heavy atom. The molecule has 0 fully saturated rings. The number of rotatable bonds is 4. The smallest absolute Gasteiger partial charge is 0.0640 e. The molecule has 1 aromatic carbocycles. The molecule has 0 aliphatic carbocycles. The van der Waals surface area contributed by atoms with Crippen molar-refractivity contribution >= 4 is 34.8 Å². The zero-order valence-corrected chi connectivity index (χ0v) is 12.2. The predicted molar refractivity (Wildman–Crippen MR) is 79.5 cm³/mol. The third-order valence-electron chi connectivity index (χ3n) is 2.84. The number of hydrogen-bond donors (Lipinski definition) is 2. The Kier molecular flexibility index (Phi) is 5.02. The molecule has 3 nitrogen and oxygen atoms in total. The van der Waals surface area contributed by atoms with Crippen molar-refractivity contribution in [3.8, 4) is 0 Å². The molecule has 2 aromatic rings. The van der Waals surface area contributed by atoms with Crippen LogP contribution in [0.3, 0.4) is 0 Å². The molecule has 0 saturated heterocycles. The van der Waals surface area contributed by atoms with Crippen molar-refractivity contribution in [2.45, 2.75) is 12.5 Å². The lowest BCUT2D eigenvalue weighted by molar-refractivity contribution is 0.552. The summed E-state index contributed by atoms with van der Waals surface area (Å²) >= 11 is 18.3. The lowest BCUT2D eigenvalue weighted by Crippen LogP contribution is -2.30. The third-order valence-corrected chi connectivity index (χ3v) is 4.01. The molecule has 2 rings (SSSR count). The molecular weight excluding hydrogens is 305 g/mol. The van der Waals surface area contributed by atoms with Gasteiger partial charge in [-0.1, -0.05) is 46.9 Å². The Bertz CT molecular complexity index is 575. The fourth-order valence-electron chi connectivity index (χ4n) is 1.84. The van der Waals surface area contributed by atoms with Crippen molar-refractivity contribution in [2.24, 2.45) is 5.84 Å². The van der Waals surface area contributed by atoms with E-state index in [1.54, 1.807) is 18.5 Å². The molecule has 0 bridgehead atoms. The molecule has 1 unspecified atom stereocenters. The minimum Gasteiger partial charge on any atom is -0.271 e. The SMILES string of the molecule is NNC(Cc1ccncc1Cl)c1cccc(Cl)c1Cl. The van der Waals surface area contributed by atoms with Crippen molar-refractivity contribution in [3.63, 3.8) is 0 Å². The van der Waals surface area contributed by atoms with Crippen LogP contribution in [0.25, 0.3) is 0 Å². The van der Waals surface area contributed by atoms with Crippen LogP contribution in [0.4, 0.5) is 0 Å². The van der Waals surface area contributed by atoms with Gasteiger partial charge in [-0.15, -0.1) is 0 Å². The maximum Gasteiger partial charge on any atom is 0.0640 e. The van der Waals surface area contributed by atoms with Crippen LogP contribution in [-0.4, -0.2) is 4.98 Å². The first-order valence-electron chi connectivity index (χ1n) is 5.62. The molecule has 6 heteroatoms. The van der Waals surface area contributed by atoms with Crippen LogP contribution in [0.2, 0.25) is 15.1 Å². The quantitative estimate of drug-likeness (QED) is 0.666. The van der Waals surface area contributed by atoms with E-state index in [1.807, 2.05) is 18.2 Å². The number of hydrazine groups is 1. The highest BCUT2D eigenvalue weighted by molar-refractivity contribution is 6.42. The van der Waals surface area contributed by atoms with Crippen molar-refractivity contribution in [2.75, 3.05) is 0 Å². The molecule has 0 saturated carbocycles. The Balaban J connectivity index is 2.31. The first-order valence-corrected chi connectivity index (χ1v) is 6.75. The van der Waals surface area contributed by atoms with Crippen molar-refractivity contribution in [1.82, 2.24) is 10.4 Å². The van der Waals surface area contributed by atoms with Crippen LogP contribution in [0.5, 0.6) is 0 Å². The summed E-state index contributed by atoms with van der Waals surface area (Å²) in [5.74, 6) is 5.61. The van der Waals surface area contributed by atoms with Crippen LogP contribution in [0.15, 0.2) is 36.7 Å². The second-order valence-electron chi connectivity index (χ2n) is 4.03. The van der Waals surface area contributed by atoms with Crippen molar-refractivity contribution in [1.29, 1.82) is 0 Å². The van der Waals surface area contributed by atoms with Crippen LogP contribution in [-0.2, 0) is 6.42 Å². The lowest BCUT2D eigenvalue weighted by Gasteiger charge is -2.18. The van der Waals surface area contributed by atoms with E-state index >= 15 is 0 Å². The largest absolute Gasteiger partial charge is 0.271 e. The van der Waals surface area contributed by atoms with Gasteiger partial charge in [0.05, 0.1) is 21.1 Å². The zero-order chi connectivity index (χ0) is 13.8. The Morgan fingerprint density at radius 3 is 2.63 bits per heavy atom. The van der Waals surface area contributed by atoms with Gasteiger partial charge >= 0.3 is 0 Å². The zero-order valence-electron chi connectivity index (χ0n) is 9.91. The lowest BCUT2D eigenvalue weighted by atomic mass is 10.00. The molecular formula is C13H12Cl3N3. The summed E-state index contributed by atoms with van der Waals surface area (Å²) in [7, 11) is 0. The van der Waals surface area contributed by atoms with E-state index < -0.39 is 0 Å². The van der Waals surface area contributed by atoms with E-state index in [1.165, 1.54) is 0 Å². The first kappa shape index (κ1) is 14.6. The number of benzene rings is 1. The highest BCUT2D eigenvalue weighted by atomic mass is 35.5. The van der Waals surface area contributed by atoms with Crippen LogP contribution < -0.4 is 11.3 Å². The van der Waals surface area contributed by atoms with Gasteiger partial charge in [0.2, 0.25) is 0 Å². The van der Waals surface area contributed by atoms with E-state index in [-0.39, 0.29) is 6.04 Å². The van der Waals surface area contributed by atoms with E-state index in [2.05, 4.69) is 10.4 Å². The average molecular weight is 317 g/mol. The van der Waals surface area contributed by atoms with E-state index in [4.69, 9.17) is 40.6 Å². The van der Waals surface area contributed by atoms with Gasteiger partial charge in [-0.3, -0.25) is 16.3 Å². The Hall–Kier alpha value is -0.840. The Labute approximate surface area is 126 Å².